The molecule has 0 bridgehead atoms. The molecule has 0 saturated heterocycles. The first-order valence-electron chi connectivity index (χ1n) is 6.77. The highest BCUT2D eigenvalue weighted by atomic mass is 16.1. The van der Waals surface area contributed by atoms with Crippen LogP contribution in [0.2, 0.25) is 0 Å². The van der Waals surface area contributed by atoms with Crippen LogP contribution >= 0.6 is 0 Å². The quantitative estimate of drug-likeness (QED) is 0.801. The maximum atomic E-state index is 12.2. The second-order valence-corrected chi connectivity index (χ2v) is 4.90. The molecule has 104 valence electrons. The van der Waals surface area contributed by atoms with Crippen molar-refractivity contribution in [2.45, 2.75) is 13.5 Å². The number of fused-ring (bicyclic) bond motifs is 1. The summed E-state index contributed by atoms with van der Waals surface area (Å²) in [5.74, 6) is -0.1000. The van der Waals surface area contributed by atoms with E-state index in [-0.39, 0.29) is 5.91 Å². The predicted octanol–water partition coefficient (Wildman–Crippen LogP) is 2.87. The zero-order valence-electron chi connectivity index (χ0n) is 11.7. The Morgan fingerprint density at radius 3 is 2.67 bits per heavy atom. The third-order valence-corrected chi connectivity index (χ3v) is 3.30. The van der Waals surface area contributed by atoms with Crippen LogP contribution in [0.5, 0.6) is 0 Å². The Hall–Kier alpha value is -2.75. The number of amides is 1. The molecular weight excluding hydrogens is 262 g/mol. The smallest absolute Gasteiger partial charge is 0.251 e. The fourth-order valence-corrected chi connectivity index (χ4v) is 2.21. The van der Waals surface area contributed by atoms with E-state index >= 15 is 0 Å². The summed E-state index contributed by atoms with van der Waals surface area (Å²) in [5, 5.41) is 5.06. The van der Waals surface area contributed by atoms with E-state index in [4.69, 9.17) is 0 Å². The molecule has 3 rings (SSSR count). The lowest BCUT2D eigenvalue weighted by atomic mass is 10.1. The largest absolute Gasteiger partial charge is 0.346 e. The molecule has 4 heteroatoms. The highest BCUT2D eigenvalue weighted by Crippen LogP contribution is 2.15. The predicted molar refractivity (Wildman–Crippen MR) is 81.9 cm³/mol. The van der Waals surface area contributed by atoms with Gasteiger partial charge in [0.15, 0.2) is 0 Å². The minimum absolute atomic E-state index is 0.1000. The molecule has 0 unspecified atom stereocenters. The van der Waals surface area contributed by atoms with Crippen molar-refractivity contribution in [2.24, 2.45) is 0 Å². The molecule has 1 aromatic heterocycles. The van der Waals surface area contributed by atoms with E-state index in [1.54, 1.807) is 0 Å². The average molecular weight is 277 g/mol. The number of carbonyl (C=O) groups is 1. The van der Waals surface area contributed by atoms with Crippen molar-refractivity contribution in [3.8, 4) is 0 Å². The molecule has 0 aliphatic rings. The molecule has 21 heavy (non-hydrogen) atoms. The van der Waals surface area contributed by atoms with Crippen LogP contribution in [0.25, 0.3) is 10.8 Å². The summed E-state index contributed by atoms with van der Waals surface area (Å²) < 4.78 is 0. The molecule has 1 N–H and O–H groups in total. The SMILES string of the molecule is Cc1cc(CNC(=O)c2ccc3ccccc3c2)ncn1. The van der Waals surface area contributed by atoms with Gasteiger partial charge in [-0.15, -0.1) is 0 Å². The van der Waals surface area contributed by atoms with Gasteiger partial charge in [-0.1, -0.05) is 30.3 Å². The Balaban J connectivity index is 1.74. The second-order valence-electron chi connectivity index (χ2n) is 4.90. The summed E-state index contributed by atoms with van der Waals surface area (Å²) in [6.45, 7) is 2.30. The molecule has 4 nitrogen and oxygen atoms in total. The lowest BCUT2D eigenvalue weighted by molar-refractivity contribution is 0.0950. The van der Waals surface area contributed by atoms with Crippen LogP contribution in [0.1, 0.15) is 21.7 Å². The van der Waals surface area contributed by atoms with Gasteiger partial charge in [0.2, 0.25) is 0 Å². The molecule has 0 radical (unpaired) electrons. The number of nitrogens with one attached hydrogen (secondary N) is 1. The number of nitrogens with zero attached hydrogens (tertiary/aromatic N) is 2. The van der Waals surface area contributed by atoms with E-state index in [0.29, 0.717) is 12.1 Å². The van der Waals surface area contributed by atoms with Crippen LogP contribution in [0.15, 0.2) is 54.9 Å². The maximum absolute atomic E-state index is 12.2. The maximum Gasteiger partial charge on any atom is 0.251 e. The van der Waals surface area contributed by atoms with Crippen LogP contribution in [0.4, 0.5) is 0 Å². The summed E-state index contributed by atoms with van der Waals surface area (Å²) in [6, 6.07) is 15.5. The number of rotatable bonds is 3. The average Bonchev–Trinajstić information content (AvgIpc) is 2.52. The van der Waals surface area contributed by atoms with Crippen molar-refractivity contribution in [3.63, 3.8) is 0 Å². The van der Waals surface area contributed by atoms with E-state index < -0.39 is 0 Å². The third kappa shape index (κ3) is 3.05. The number of aryl methyl sites for hydroxylation is 1. The lowest BCUT2D eigenvalue weighted by Crippen LogP contribution is -2.23. The number of hydrogen-bond donors (Lipinski definition) is 1. The number of carbonyl (C=O) groups excluding carboxylic acids is 1. The van der Waals surface area contributed by atoms with Crippen LogP contribution < -0.4 is 5.32 Å². The van der Waals surface area contributed by atoms with Gasteiger partial charge in [-0.2, -0.15) is 0 Å². The van der Waals surface area contributed by atoms with Gasteiger partial charge in [-0.25, -0.2) is 9.97 Å². The summed E-state index contributed by atoms with van der Waals surface area (Å²) >= 11 is 0. The Labute approximate surface area is 122 Å². The molecule has 3 aromatic rings. The van der Waals surface area contributed by atoms with Gasteiger partial charge in [0.05, 0.1) is 12.2 Å². The zero-order chi connectivity index (χ0) is 14.7. The molecule has 1 heterocycles. The molecular formula is C17H15N3O. The molecule has 1 amide bonds. The fraction of sp³-hybridized carbons (Fsp3) is 0.118. The molecule has 0 saturated carbocycles. The molecule has 0 aliphatic carbocycles. The van der Waals surface area contributed by atoms with E-state index in [1.807, 2.05) is 55.5 Å². The first-order valence-corrected chi connectivity index (χ1v) is 6.77. The number of benzene rings is 2. The summed E-state index contributed by atoms with van der Waals surface area (Å²) in [7, 11) is 0. The summed E-state index contributed by atoms with van der Waals surface area (Å²) in [6.07, 6.45) is 1.51. The fourth-order valence-electron chi connectivity index (χ4n) is 2.21. The zero-order valence-corrected chi connectivity index (χ0v) is 11.7. The molecule has 0 spiro atoms. The molecule has 2 aromatic carbocycles. The monoisotopic (exact) mass is 277 g/mol. The lowest BCUT2D eigenvalue weighted by Gasteiger charge is -2.06. The van der Waals surface area contributed by atoms with Crippen molar-refractivity contribution in [3.05, 3.63) is 71.8 Å². The van der Waals surface area contributed by atoms with Gasteiger partial charge in [-0.3, -0.25) is 4.79 Å². The normalized spacial score (nSPS) is 10.5. The Morgan fingerprint density at radius 2 is 1.86 bits per heavy atom. The van der Waals surface area contributed by atoms with E-state index in [1.165, 1.54) is 6.33 Å². The Bertz CT molecular complexity index is 799. The summed E-state index contributed by atoms with van der Waals surface area (Å²) in [4.78, 5) is 20.4. The summed E-state index contributed by atoms with van der Waals surface area (Å²) in [5.41, 5.74) is 2.34. The molecule has 0 atom stereocenters. The highest BCUT2D eigenvalue weighted by molar-refractivity contribution is 5.98. The van der Waals surface area contributed by atoms with Gasteiger partial charge >= 0.3 is 0 Å². The molecule has 0 fully saturated rings. The van der Waals surface area contributed by atoms with Crippen LogP contribution in [0, 0.1) is 6.92 Å². The van der Waals surface area contributed by atoms with Crippen molar-refractivity contribution in [2.75, 3.05) is 0 Å². The van der Waals surface area contributed by atoms with E-state index in [2.05, 4.69) is 15.3 Å². The Morgan fingerprint density at radius 1 is 1.05 bits per heavy atom. The minimum Gasteiger partial charge on any atom is -0.346 e. The minimum atomic E-state index is -0.1000. The standard InChI is InChI=1S/C17H15N3O/c1-12-8-16(20-11-19-12)10-18-17(21)15-7-6-13-4-2-3-5-14(13)9-15/h2-9,11H,10H2,1H3,(H,18,21). The Kier molecular flexibility index (Phi) is 3.60. The van der Waals surface area contributed by atoms with Gasteiger partial charge < -0.3 is 5.32 Å². The first kappa shape index (κ1) is 13.2. The molecule has 0 aliphatic heterocycles. The van der Waals surface area contributed by atoms with Crippen LogP contribution in [-0.2, 0) is 6.54 Å². The highest BCUT2D eigenvalue weighted by Gasteiger charge is 2.06. The van der Waals surface area contributed by atoms with E-state index in [0.717, 1.165) is 22.2 Å². The van der Waals surface area contributed by atoms with Gasteiger partial charge in [0, 0.05) is 11.3 Å². The van der Waals surface area contributed by atoms with Crippen molar-refractivity contribution in [1.29, 1.82) is 0 Å². The van der Waals surface area contributed by atoms with Gasteiger partial charge in [0.1, 0.15) is 6.33 Å². The van der Waals surface area contributed by atoms with Crippen LogP contribution in [-0.4, -0.2) is 15.9 Å². The number of aromatic nitrogens is 2. The van der Waals surface area contributed by atoms with Crippen molar-refractivity contribution in [1.82, 2.24) is 15.3 Å². The third-order valence-electron chi connectivity index (χ3n) is 3.30. The second kappa shape index (κ2) is 5.71. The van der Waals surface area contributed by atoms with Gasteiger partial charge in [0.25, 0.3) is 5.91 Å². The van der Waals surface area contributed by atoms with Crippen molar-refractivity contribution >= 4 is 16.7 Å². The van der Waals surface area contributed by atoms with Crippen LogP contribution in [0.3, 0.4) is 0 Å². The number of hydrogen-bond acceptors (Lipinski definition) is 3. The van der Waals surface area contributed by atoms with Crippen molar-refractivity contribution < 1.29 is 4.79 Å². The topological polar surface area (TPSA) is 54.9 Å². The van der Waals surface area contributed by atoms with Gasteiger partial charge in [-0.05, 0) is 35.9 Å². The first-order chi connectivity index (χ1) is 10.2. The van der Waals surface area contributed by atoms with E-state index in [9.17, 15) is 4.79 Å².